The summed E-state index contributed by atoms with van der Waals surface area (Å²) in [5, 5.41) is 29.7. The van der Waals surface area contributed by atoms with Gasteiger partial charge in [0.2, 0.25) is 0 Å². The van der Waals surface area contributed by atoms with Crippen LogP contribution in [0.3, 0.4) is 0 Å². The van der Waals surface area contributed by atoms with Gasteiger partial charge in [0.15, 0.2) is 5.57 Å². The van der Waals surface area contributed by atoms with Gasteiger partial charge >= 0.3 is 0 Å². The van der Waals surface area contributed by atoms with Crippen LogP contribution in [0.4, 0.5) is 5.69 Å². The summed E-state index contributed by atoms with van der Waals surface area (Å²) in [5.74, 6) is 0. The van der Waals surface area contributed by atoms with Crippen molar-refractivity contribution in [2.45, 2.75) is 0 Å². The van der Waals surface area contributed by atoms with Crippen molar-refractivity contribution in [3.05, 3.63) is 36.3 Å². The van der Waals surface area contributed by atoms with E-state index >= 15 is 0 Å². The Labute approximate surface area is 136 Å². The van der Waals surface area contributed by atoms with E-state index in [1.165, 1.54) is 6.07 Å². The third kappa shape index (κ3) is 3.41. The Kier molecular flexibility index (Phi) is 5.66. The average molecular weight is 421 g/mol. The molecule has 0 aliphatic rings. The number of nitrogens with one attached hydrogen (secondary N) is 1. The minimum Gasteiger partial charge on any atom is -0.343 e. The first-order valence-electron chi connectivity index (χ1n) is 4.50. The lowest BCUT2D eigenvalue weighted by atomic mass is 10.2. The molecule has 94 valence electrons. The number of benzene rings is 1. The summed E-state index contributed by atoms with van der Waals surface area (Å²) in [6.07, 6.45) is 0. The van der Waals surface area contributed by atoms with Crippen molar-refractivity contribution in [3.8, 4) is 18.2 Å². The lowest BCUT2D eigenvalue weighted by Gasteiger charge is -2.12. The minimum absolute atomic E-state index is 0.203. The zero-order valence-corrected chi connectivity index (χ0v) is 13.6. The van der Waals surface area contributed by atoms with Crippen molar-refractivity contribution in [2.24, 2.45) is 0 Å². The van der Waals surface area contributed by atoms with Crippen LogP contribution in [0.25, 0.3) is 0 Å². The lowest BCUT2D eigenvalue weighted by molar-refractivity contribution is 1.36. The number of nitrogens with zero attached hydrogens (tertiary/aromatic N) is 3. The first-order valence-corrected chi connectivity index (χ1v) is 6.85. The molecule has 0 saturated carbocycles. The maximum Gasteiger partial charge on any atom is 0.163 e. The van der Waals surface area contributed by atoms with Gasteiger partial charge in [0.1, 0.15) is 23.9 Å². The van der Waals surface area contributed by atoms with Gasteiger partial charge in [-0.3, -0.25) is 0 Å². The smallest absolute Gasteiger partial charge is 0.163 e. The minimum atomic E-state index is -0.343. The molecule has 1 rings (SSSR count). The third-order valence-electron chi connectivity index (χ3n) is 1.95. The van der Waals surface area contributed by atoms with E-state index in [9.17, 15) is 0 Å². The van der Waals surface area contributed by atoms with E-state index in [1.807, 2.05) is 0 Å². The van der Waals surface area contributed by atoms with Crippen LogP contribution < -0.4 is 5.32 Å². The fourth-order valence-corrected chi connectivity index (χ4v) is 2.95. The van der Waals surface area contributed by atoms with Crippen LogP contribution in [-0.4, -0.2) is 0 Å². The molecule has 0 fully saturated rings. The maximum atomic E-state index is 8.95. The third-order valence-corrected chi connectivity index (χ3v) is 4.52. The molecular weight excluding hydrogens is 419 g/mol. The van der Waals surface area contributed by atoms with Gasteiger partial charge in [0, 0.05) is 4.47 Å². The molecule has 0 aliphatic heterocycles. The Morgan fingerprint density at radius 2 is 1.68 bits per heavy atom. The van der Waals surface area contributed by atoms with Gasteiger partial charge in [-0.05, 0) is 37.9 Å². The average Bonchev–Trinajstić information content (AvgIpc) is 2.40. The molecule has 0 aromatic heterocycles. The topological polar surface area (TPSA) is 83.4 Å². The second-order valence-electron chi connectivity index (χ2n) is 3.05. The molecule has 4 nitrogen and oxygen atoms in total. The van der Waals surface area contributed by atoms with E-state index in [2.05, 4.69) is 37.2 Å². The maximum absolute atomic E-state index is 8.95. The van der Waals surface area contributed by atoms with Gasteiger partial charge in [0.25, 0.3) is 0 Å². The number of rotatable bonds is 2. The van der Waals surface area contributed by atoms with Crippen LogP contribution in [0, 0.1) is 34.0 Å². The molecule has 0 saturated heterocycles. The first-order chi connectivity index (χ1) is 8.96. The van der Waals surface area contributed by atoms with Crippen molar-refractivity contribution in [1.29, 1.82) is 15.8 Å². The molecule has 0 radical (unpaired) electrons. The predicted octanol–water partition coefficient (Wildman–Crippen LogP) is 4.76. The van der Waals surface area contributed by atoms with Crippen molar-refractivity contribution in [2.75, 3.05) is 5.32 Å². The molecule has 0 aliphatic carbocycles. The Hall–Kier alpha value is -1.23. The van der Waals surface area contributed by atoms with Crippen molar-refractivity contribution < 1.29 is 0 Å². The number of hydrogen-bond acceptors (Lipinski definition) is 4. The SMILES string of the molecule is N#CC(C#N)=C(C#N)Nc1c(Cl)cc(Br)c(Cl)c1Br. The van der Waals surface area contributed by atoms with Gasteiger partial charge in [-0.2, -0.15) is 15.8 Å². The van der Waals surface area contributed by atoms with Gasteiger partial charge in [-0.1, -0.05) is 23.2 Å². The molecule has 0 spiro atoms. The number of nitriles is 3. The van der Waals surface area contributed by atoms with Gasteiger partial charge in [-0.25, -0.2) is 0 Å². The monoisotopic (exact) mass is 418 g/mol. The quantitative estimate of drug-likeness (QED) is 0.425. The van der Waals surface area contributed by atoms with Crippen molar-refractivity contribution in [1.82, 2.24) is 0 Å². The Morgan fingerprint density at radius 1 is 1.11 bits per heavy atom. The highest BCUT2D eigenvalue weighted by molar-refractivity contribution is 9.11. The molecule has 1 N–H and O–H groups in total. The lowest BCUT2D eigenvalue weighted by Crippen LogP contribution is -2.02. The summed E-state index contributed by atoms with van der Waals surface area (Å²) in [6, 6.07) is 6.50. The molecule has 8 heteroatoms. The molecule has 1 aromatic carbocycles. The van der Waals surface area contributed by atoms with Crippen LogP contribution in [0.1, 0.15) is 0 Å². The Bertz CT molecular complexity index is 677. The largest absolute Gasteiger partial charge is 0.343 e. The zero-order chi connectivity index (χ0) is 14.6. The number of halogens is 4. The van der Waals surface area contributed by atoms with Crippen LogP contribution in [-0.2, 0) is 0 Å². The summed E-state index contributed by atoms with van der Waals surface area (Å²) in [7, 11) is 0. The summed E-state index contributed by atoms with van der Waals surface area (Å²) < 4.78 is 0.983. The summed E-state index contributed by atoms with van der Waals surface area (Å²) in [4.78, 5) is 0. The Balaban J connectivity index is 3.41. The fraction of sp³-hybridized carbons (Fsp3) is 0. The van der Waals surface area contributed by atoms with Crippen molar-refractivity contribution in [3.63, 3.8) is 0 Å². The zero-order valence-electron chi connectivity index (χ0n) is 8.93. The van der Waals surface area contributed by atoms with E-state index in [1.54, 1.807) is 18.2 Å². The first kappa shape index (κ1) is 15.8. The van der Waals surface area contributed by atoms with E-state index < -0.39 is 0 Å². The normalized spacial score (nSPS) is 8.89. The van der Waals surface area contributed by atoms with E-state index in [-0.39, 0.29) is 16.3 Å². The molecule has 0 atom stereocenters. The second kappa shape index (κ2) is 6.80. The van der Waals surface area contributed by atoms with Gasteiger partial charge < -0.3 is 5.32 Å². The highest BCUT2D eigenvalue weighted by atomic mass is 79.9. The van der Waals surface area contributed by atoms with E-state index in [4.69, 9.17) is 39.0 Å². The van der Waals surface area contributed by atoms with Gasteiger partial charge in [-0.15, -0.1) is 0 Å². The van der Waals surface area contributed by atoms with Crippen LogP contribution in [0.15, 0.2) is 26.3 Å². The molecule has 0 amide bonds. The standard InChI is InChI=1S/C11H2Br2Cl2N4/c12-6-1-7(14)11(9(13)10(6)15)19-8(4-18)5(2-16)3-17/h1,19H. The van der Waals surface area contributed by atoms with Crippen LogP contribution in [0.5, 0.6) is 0 Å². The van der Waals surface area contributed by atoms with E-state index in [0.29, 0.717) is 19.7 Å². The molecule has 0 unspecified atom stereocenters. The highest BCUT2D eigenvalue weighted by Gasteiger charge is 2.15. The number of hydrogen-bond donors (Lipinski definition) is 1. The van der Waals surface area contributed by atoms with Crippen LogP contribution >= 0.6 is 55.1 Å². The number of anilines is 1. The summed E-state index contributed by atoms with van der Waals surface area (Å²) >= 11 is 18.5. The summed E-state index contributed by atoms with van der Waals surface area (Å²) in [6.45, 7) is 0. The molecule has 19 heavy (non-hydrogen) atoms. The van der Waals surface area contributed by atoms with Gasteiger partial charge in [0.05, 0.1) is 20.2 Å². The molecule has 0 heterocycles. The molecule has 0 bridgehead atoms. The van der Waals surface area contributed by atoms with Crippen molar-refractivity contribution >= 4 is 60.7 Å². The fourth-order valence-electron chi connectivity index (χ4n) is 1.09. The van der Waals surface area contributed by atoms with Crippen LogP contribution in [0.2, 0.25) is 10.0 Å². The predicted molar refractivity (Wildman–Crippen MR) is 79.3 cm³/mol. The molecular formula is C11H2Br2Cl2N4. The van der Waals surface area contributed by atoms with E-state index in [0.717, 1.165) is 0 Å². The number of allylic oxidation sites excluding steroid dienone is 2. The highest BCUT2D eigenvalue weighted by Crippen LogP contribution is 2.41. The Morgan fingerprint density at radius 3 is 2.16 bits per heavy atom. The molecule has 1 aromatic rings. The summed E-state index contributed by atoms with van der Waals surface area (Å²) in [5.41, 5.74) is -0.245. The second-order valence-corrected chi connectivity index (χ2v) is 5.49.